The highest BCUT2D eigenvalue weighted by molar-refractivity contribution is 6.30. The van der Waals surface area contributed by atoms with Gasteiger partial charge in [0.15, 0.2) is 6.61 Å². The van der Waals surface area contributed by atoms with Crippen molar-refractivity contribution in [2.45, 2.75) is 6.42 Å². The number of carbonyl (C=O) groups is 2. The summed E-state index contributed by atoms with van der Waals surface area (Å²) in [4.78, 5) is 23.7. The molecule has 0 aliphatic carbocycles. The van der Waals surface area contributed by atoms with E-state index in [1.165, 1.54) is 12.1 Å². The van der Waals surface area contributed by atoms with Gasteiger partial charge in [-0.3, -0.25) is 9.59 Å². The van der Waals surface area contributed by atoms with Crippen LogP contribution in [0, 0.1) is 5.82 Å². The van der Waals surface area contributed by atoms with Gasteiger partial charge in [0, 0.05) is 5.02 Å². The molecule has 132 valence electrons. The van der Waals surface area contributed by atoms with E-state index in [-0.39, 0.29) is 17.1 Å². The standard InChI is InChI=1S/C20H15ClFNO3/c21-16-7-8-18(17(22)11-16)23-19(24)12-26-20(25)10-13-5-6-14-3-1-2-4-15(14)9-13/h1-9,11H,10,12H2,(H,23,24). The van der Waals surface area contributed by atoms with Crippen LogP contribution in [0.15, 0.2) is 60.7 Å². The largest absolute Gasteiger partial charge is 0.455 e. The molecule has 0 aliphatic heterocycles. The average molecular weight is 372 g/mol. The first-order valence-corrected chi connectivity index (χ1v) is 8.27. The number of nitrogens with one attached hydrogen (secondary N) is 1. The molecular formula is C20H15ClFNO3. The molecule has 1 N–H and O–H groups in total. The fourth-order valence-corrected chi connectivity index (χ4v) is 2.65. The smallest absolute Gasteiger partial charge is 0.310 e. The van der Waals surface area contributed by atoms with Gasteiger partial charge in [-0.25, -0.2) is 4.39 Å². The van der Waals surface area contributed by atoms with Crippen LogP contribution in [-0.2, 0) is 20.7 Å². The summed E-state index contributed by atoms with van der Waals surface area (Å²) in [7, 11) is 0. The Labute approximate surface area is 154 Å². The van der Waals surface area contributed by atoms with Crippen molar-refractivity contribution in [2.75, 3.05) is 11.9 Å². The lowest BCUT2D eigenvalue weighted by atomic mass is 10.1. The average Bonchev–Trinajstić information content (AvgIpc) is 2.62. The number of carbonyl (C=O) groups excluding carboxylic acids is 2. The first-order valence-electron chi connectivity index (χ1n) is 7.89. The van der Waals surface area contributed by atoms with E-state index in [1.54, 1.807) is 0 Å². The molecule has 4 nitrogen and oxygen atoms in total. The summed E-state index contributed by atoms with van der Waals surface area (Å²) in [6.07, 6.45) is 0.0490. The molecule has 0 saturated heterocycles. The summed E-state index contributed by atoms with van der Waals surface area (Å²) < 4.78 is 18.6. The Morgan fingerprint density at radius 1 is 1.00 bits per heavy atom. The van der Waals surface area contributed by atoms with Crippen molar-refractivity contribution >= 4 is 39.9 Å². The third kappa shape index (κ3) is 4.58. The van der Waals surface area contributed by atoms with Crippen molar-refractivity contribution in [2.24, 2.45) is 0 Å². The van der Waals surface area contributed by atoms with Crippen LogP contribution < -0.4 is 5.32 Å². The summed E-state index contributed by atoms with van der Waals surface area (Å²) in [6, 6.07) is 17.3. The van der Waals surface area contributed by atoms with Gasteiger partial charge in [0.25, 0.3) is 5.91 Å². The van der Waals surface area contributed by atoms with Crippen molar-refractivity contribution in [3.63, 3.8) is 0 Å². The van der Waals surface area contributed by atoms with Gasteiger partial charge in [-0.15, -0.1) is 0 Å². The van der Waals surface area contributed by atoms with Gasteiger partial charge >= 0.3 is 5.97 Å². The maximum Gasteiger partial charge on any atom is 0.310 e. The van der Waals surface area contributed by atoms with E-state index in [4.69, 9.17) is 16.3 Å². The lowest BCUT2D eigenvalue weighted by molar-refractivity contribution is -0.146. The van der Waals surface area contributed by atoms with Crippen LogP contribution in [0.25, 0.3) is 10.8 Å². The van der Waals surface area contributed by atoms with Gasteiger partial charge in [0.2, 0.25) is 0 Å². The Kier molecular flexibility index (Phi) is 5.49. The SMILES string of the molecule is O=C(COC(=O)Cc1ccc2ccccc2c1)Nc1ccc(Cl)cc1F. The highest BCUT2D eigenvalue weighted by Crippen LogP contribution is 2.19. The molecule has 0 aromatic heterocycles. The molecule has 3 rings (SSSR count). The van der Waals surface area contributed by atoms with Crippen molar-refractivity contribution in [1.29, 1.82) is 0 Å². The van der Waals surface area contributed by atoms with Gasteiger partial charge in [0.1, 0.15) is 5.82 Å². The number of ether oxygens (including phenoxy) is 1. The van der Waals surface area contributed by atoms with Crippen molar-refractivity contribution in [1.82, 2.24) is 0 Å². The maximum atomic E-state index is 13.6. The maximum absolute atomic E-state index is 13.6. The van der Waals surface area contributed by atoms with E-state index >= 15 is 0 Å². The zero-order valence-electron chi connectivity index (χ0n) is 13.7. The zero-order valence-corrected chi connectivity index (χ0v) is 14.4. The summed E-state index contributed by atoms with van der Waals surface area (Å²) in [5.74, 6) is -1.82. The monoisotopic (exact) mass is 371 g/mol. The number of hydrogen-bond donors (Lipinski definition) is 1. The fraction of sp³-hybridized carbons (Fsp3) is 0.100. The van der Waals surface area contributed by atoms with Crippen LogP contribution in [0.1, 0.15) is 5.56 Å². The Morgan fingerprint density at radius 3 is 2.54 bits per heavy atom. The second-order valence-electron chi connectivity index (χ2n) is 5.69. The Hall–Kier alpha value is -2.92. The molecule has 6 heteroatoms. The lowest BCUT2D eigenvalue weighted by Crippen LogP contribution is -2.22. The number of fused-ring (bicyclic) bond motifs is 1. The summed E-state index contributed by atoms with van der Waals surface area (Å²) in [6.45, 7) is -0.492. The van der Waals surface area contributed by atoms with Crippen LogP contribution in [-0.4, -0.2) is 18.5 Å². The number of amides is 1. The second kappa shape index (κ2) is 7.97. The van der Waals surface area contributed by atoms with Crippen molar-refractivity contribution < 1.29 is 18.7 Å². The molecule has 1 amide bonds. The molecule has 0 spiro atoms. The fourth-order valence-electron chi connectivity index (χ4n) is 2.49. The van der Waals surface area contributed by atoms with E-state index in [0.29, 0.717) is 0 Å². The van der Waals surface area contributed by atoms with E-state index in [2.05, 4.69) is 5.32 Å². The molecule has 0 radical (unpaired) electrons. The lowest BCUT2D eigenvalue weighted by Gasteiger charge is -2.08. The normalized spacial score (nSPS) is 10.5. The molecule has 0 bridgehead atoms. The van der Waals surface area contributed by atoms with Crippen LogP contribution in [0.4, 0.5) is 10.1 Å². The highest BCUT2D eigenvalue weighted by Gasteiger charge is 2.11. The molecule has 0 saturated carbocycles. The first kappa shape index (κ1) is 17.9. The third-order valence-corrected chi connectivity index (χ3v) is 3.97. The second-order valence-corrected chi connectivity index (χ2v) is 6.13. The van der Waals surface area contributed by atoms with Gasteiger partial charge in [-0.2, -0.15) is 0 Å². The number of rotatable bonds is 5. The number of hydrogen-bond acceptors (Lipinski definition) is 3. The quantitative estimate of drug-likeness (QED) is 0.678. The summed E-state index contributed by atoms with van der Waals surface area (Å²) >= 11 is 5.65. The molecule has 3 aromatic rings. The molecule has 26 heavy (non-hydrogen) atoms. The molecule has 0 aliphatic rings. The van der Waals surface area contributed by atoms with Crippen LogP contribution in [0.5, 0.6) is 0 Å². The molecule has 0 atom stereocenters. The number of esters is 1. The predicted octanol–water partition coefficient (Wildman–Crippen LogP) is 4.36. The highest BCUT2D eigenvalue weighted by atomic mass is 35.5. The van der Waals surface area contributed by atoms with Gasteiger partial charge in [0.05, 0.1) is 12.1 Å². The zero-order chi connectivity index (χ0) is 18.5. The first-order chi connectivity index (χ1) is 12.5. The van der Waals surface area contributed by atoms with E-state index < -0.39 is 24.3 Å². The Balaban J connectivity index is 1.53. The minimum atomic E-state index is -0.659. The Morgan fingerprint density at radius 2 is 1.77 bits per heavy atom. The molecule has 0 unspecified atom stereocenters. The summed E-state index contributed by atoms with van der Waals surface area (Å²) in [5.41, 5.74) is 0.767. The molecule has 0 heterocycles. The van der Waals surface area contributed by atoms with E-state index in [1.807, 2.05) is 42.5 Å². The minimum Gasteiger partial charge on any atom is -0.455 e. The number of benzene rings is 3. The Bertz CT molecular complexity index is 974. The van der Waals surface area contributed by atoms with Gasteiger partial charge < -0.3 is 10.1 Å². The van der Waals surface area contributed by atoms with E-state index in [0.717, 1.165) is 22.4 Å². The van der Waals surface area contributed by atoms with Crippen LogP contribution in [0.2, 0.25) is 5.02 Å². The molecular weight excluding hydrogens is 357 g/mol. The number of anilines is 1. The van der Waals surface area contributed by atoms with Crippen molar-refractivity contribution in [3.8, 4) is 0 Å². The third-order valence-electron chi connectivity index (χ3n) is 3.73. The summed E-state index contributed by atoms with van der Waals surface area (Å²) in [5, 5.41) is 4.66. The molecule has 3 aromatic carbocycles. The van der Waals surface area contributed by atoms with E-state index in [9.17, 15) is 14.0 Å². The van der Waals surface area contributed by atoms with Crippen molar-refractivity contribution in [3.05, 3.63) is 77.1 Å². The number of halogens is 2. The molecule has 0 fully saturated rings. The topological polar surface area (TPSA) is 55.4 Å². The van der Waals surface area contributed by atoms with Crippen LogP contribution >= 0.6 is 11.6 Å². The van der Waals surface area contributed by atoms with Gasteiger partial charge in [-0.1, -0.05) is 54.1 Å². The van der Waals surface area contributed by atoms with Gasteiger partial charge in [-0.05, 0) is 34.5 Å². The van der Waals surface area contributed by atoms with Crippen LogP contribution in [0.3, 0.4) is 0 Å². The predicted molar refractivity (Wildman–Crippen MR) is 98.7 cm³/mol. The minimum absolute atomic E-state index is 0.0232.